The van der Waals surface area contributed by atoms with Gasteiger partial charge in [-0.15, -0.1) is 0 Å². The van der Waals surface area contributed by atoms with E-state index in [0.29, 0.717) is 12.8 Å². The molecule has 0 aromatic heterocycles. The Labute approximate surface area is 134 Å². The summed E-state index contributed by atoms with van der Waals surface area (Å²) in [5.74, 6) is -2.09. The number of carbonyl (C=O) groups is 1. The van der Waals surface area contributed by atoms with Gasteiger partial charge in [-0.25, -0.2) is 8.78 Å². The molecule has 0 fully saturated rings. The first-order chi connectivity index (χ1) is 11.1. The van der Waals surface area contributed by atoms with Crippen LogP contribution in [0.2, 0.25) is 0 Å². The summed E-state index contributed by atoms with van der Waals surface area (Å²) in [5, 5.41) is 11.9. The van der Waals surface area contributed by atoms with E-state index in [1.165, 1.54) is 18.2 Å². The second-order valence-electron chi connectivity index (χ2n) is 5.40. The van der Waals surface area contributed by atoms with Crippen molar-refractivity contribution in [2.45, 2.75) is 31.8 Å². The SMILES string of the molecule is O=C(O)CCC(Cc1ccccc1)NCc1c(F)cccc1F. The van der Waals surface area contributed by atoms with E-state index in [0.717, 1.165) is 5.56 Å². The van der Waals surface area contributed by atoms with Crippen molar-refractivity contribution < 1.29 is 18.7 Å². The minimum absolute atomic E-state index is 0.00422. The van der Waals surface area contributed by atoms with Crippen molar-refractivity contribution in [2.75, 3.05) is 0 Å². The van der Waals surface area contributed by atoms with Gasteiger partial charge in [0.2, 0.25) is 0 Å². The van der Waals surface area contributed by atoms with Gasteiger partial charge in [-0.05, 0) is 30.5 Å². The fraction of sp³-hybridized carbons (Fsp3) is 0.278. The molecule has 0 bridgehead atoms. The lowest BCUT2D eigenvalue weighted by Crippen LogP contribution is -2.32. The lowest BCUT2D eigenvalue weighted by atomic mass is 10.0. The van der Waals surface area contributed by atoms with Crippen LogP contribution in [0.4, 0.5) is 8.78 Å². The van der Waals surface area contributed by atoms with E-state index < -0.39 is 17.6 Å². The molecule has 0 aliphatic heterocycles. The average molecular weight is 319 g/mol. The topological polar surface area (TPSA) is 49.3 Å². The van der Waals surface area contributed by atoms with Gasteiger partial charge in [0.15, 0.2) is 0 Å². The summed E-state index contributed by atoms with van der Waals surface area (Å²) in [7, 11) is 0. The van der Waals surface area contributed by atoms with Crippen molar-refractivity contribution in [3.05, 3.63) is 71.3 Å². The molecule has 0 amide bonds. The Morgan fingerprint density at radius 2 is 1.70 bits per heavy atom. The van der Waals surface area contributed by atoms with Crippen LogP contribution in [0.25, 0.3) is 0 Å². The predicted molar refractivity (Wildman–Crippen MR) is 84.0 cm³/mol. The van der Waals surface area contributed by atoms with Crippen molar-refractivity contribution in [3.8, 4) is 0 Å². The molecule has 0 saturated heterocycles. The highest BCUT2D eigenvalue weighted by Gasteiger charge is 2.14. The van der Waals surface area contributed by atoms with Crippen LogP contribution in [0.3, 0.4) is 0 Å². The van der Waals surface area contributed by atoms with Gasteiger partial charge in [0.05, 0.1) is 0 Å². The predicted octanol–water partition coefficient (Wildman–Crippen LogP) is 3.53. The molecule has 5 heteroatoms. The van der Waals surface area contributed by atoms with Gasteiger partial charge in [0.25, 0.3) is 0 Å². The Morgan fingerprint density at radius 3 is 2.30 bits per heavy atom. The van der Waals surface area contributed by atoms with E-state index in [2.05, 4.69) is 5.32 Å². The number of aliphatic carboxylic acids is 1. The molecule has 2 N–H and O–H groups in total. The molecule has 0 heterocycles. The second kappa shape index (κ2) is 8.39. The van der Waals surface area contributed by atoms with Gasteiger partial charge in [0, 0.05) is 24.6 Å². The highest BCUT2D eigenvalue weighted by molar-refractivity contribution is 5.66. The van der Waals surface area contributed by atoms with E-state index in [9.17, 15) is 13.6 Å². The van der Waals surface area contributed by atoms with Crippen molar-refractivity contribution in [3.63, 3.8) is 0 Å². The number of benzene rings is 2. The van der Waals surface area contributed by atoms with Gasteiger partial charge in [-0.1, -0.05) is 36.4 Å². The van der Waals surface area contributed by atoms with Crippen LogP contribution < -0.4 is 5.32 Å². The third-order valence-electron chi connectivity index (χ3n) is 3.66. The normalized spacial score (nSPS) is 12.1. The fourth-order valence-electron chi connectivity index (χ4n) is 2.42. The highest BCUT2D eigenvalue weighted by atomic mass is 19.1. The van der Waals surface area contributed by atoms with E-state index in [4.69, 9.17) is 5.11 Å². The lowest BCUT2D eigenvalue weighted by Gasteiger charge is -2.19. The van der Waals surface area contributed by atoms with E-state index in [1.807, 2.05) is 30.3 Å². The van der Waals surface area contributed by atoms with E-state index in [1.54, 1.807) is 0 Å². The Hall–Kier alpha value is -2.27. The molecule has 1 atom stereocenters. The van der Waals surface area contributed by atoms with Crippen molar-refractivity contribution in [2.24, 2.45) is 0 Å². The maximum Gasteiger partial charge on any atom is 0.303 e. The number of rotatable bonds is 8. The van der Waals surface area contributed by atoms with Crippen LogP contribution in [0.1, 0.15) is 24.0 Å². The van der Waals surface area contributed by atoms with Crippen molar-refractivity contribution >= 4 is 5.97 Å². The van der Waals surface area contributed by atoms with E-state index >= 15 is 0 Å². The van der Waals surface area contributed by atoms with Crippen LogP contribution in [-0.2, 0) is 17.8 Å². The summed E-state index contributed by atoms with van der Waals surface area (Å²) in [6, 6.07) is 13.2. The third-order valence-corrected chi connectivity index (χ3v) is 3.66. The molecule has 0 aliphatic carbocycles. The zero-order valence-corrected chi connectivity index (χ0v) is 12.6. The number of hydrogen-bond acceptors (Lipinski definition) is 2. The van der Waals surface area contributed by atoms with Gasteiger partial charge in [-0.2, -0.15) is 0 Å². The number of halogens is 2. The molecule has 0 aliphatic rings. The average Bonchev–Trinajstić information content (AvgIpc) is 2.52. The quantitative estimate of drug-likeness (QED) is 0.782. The fourth-order valence-corrected chi connectivity index (χ4v) is 2.42. The first-order valence-electron chi connectivity index (χ1n) is 7.48. The Morgan fingerprint density at radius 1 is 1.04 bits per heavy atom. The zero-order valence-electron chi connectivity index (χ0n) is 12.6. The largest absolute Gasteiger partial charge is 0.481 e. The summed E-state index contributed by atoms with van der Waals surface area (Å²) in [4.78, 5) is 10.8. The highest BCUT2D eigenvalue weighted by Crippen LogP contribution is 2.14. The van der Waals surface area contributed by atoms with Crippen LogP contribution >= 0.6 is 0 Å². The molecule has 23 heavy (non-hydrogen) atoms. The second-order valence-corrected chi connectivity index (χ2v) is 5.40. The molecule has 2 aromatic carbocycles. The standard InChI is InChI=1S/C18H19F2NO2/c19-16-7-4-8-17(20)15(16)12-21-14(9-10-18(22)23)11-13-5-2-1-3-6-13/h1-8,14,21H,9-12H2,(H,22,23). The first-order valence-corrected chi connectivity index (χ1v) is 7.48. The number of hydrogen-bond donors (Lipinski definition) is 2. The third kappa shape index (κ3) is 5.45. The molecule has 122 valence electrons. The van der Waals surface area contributed by atoms with Crippen molar-refractivity contribution in [1.29, 1.82) is 0 Å². The summed E-state index contributed by atoms with van der Waals surface area (Å²) in [5.41, 5.74) is 1.02. The molecule has 0 radical (unpaired) electrons. The minimum Gasteiger partial charge on any atom is -0.481 e. The van der Waals surface area contributed by atoms with Crippen LogP contribution in [0.5, 0.6) is 0 Å². The Balaban J connectivity index is 2.03. The molecule has 0 saturated carbocycles. The van der Waals surface area contributed by atoms with E-state index in [-0.39, 0.29) is 24.6 Å². The van der Waals surface area contributed by atoms with Crippen LogP contribution in [-0.4, -0.2) is 17.1 Å². The number of nitrogens with one attached hydrogen (secondary N) is 1. The smallest absolute Gasteiger partial charge is 0.303 e. The molecule has 1 unspecified atom stereocenters. The Bertz CT molecular complexity index is 626. The summed E-state index contributed by atoms with van der Waals surface area (Å²) < 4.78 is 27.3. The molecule has 2 rings (SSSR count). The van der Waals surface area contributed by atoms with Gasteiger partial charge in [-0.3, -0.25) is 4.79 Å². The molecule has 3 nitrogen and oxygen atoms in total. The molecular formula is C18H19F2NO2. The maximum absolute atomic E-state index is 13.7. The Kier molecular flexibility index (Phi) is 6.23. The van der Waals surface area contributed by atoms with Gasteiger partial charge < -0.3 is 10.4 Å². The molecular weight excluding hydrogens is 300 g/mol. The molecule has 0 spiro atoms. The summed E-state index contributed by atoms with van der Waals surface area (Å²) in [6.45, 7) is 0.0234. The zero-order chi connectivity index (χ0) is 16.7. The molecule has 2 aromatic rings. The summed E-state index contributed by atoms with van der Waals surface area (Å²) in [6.07, 6.45) is 0.995. The van der Waals surface area contributed by atoms with Crippen LogP contribution in [0.15, 0.2) is 48.5 Å². The monoisotopic (exact) mass is 319 g/mol. The van der Waals surface area contributed by atoms with Gasteiger partial charge >= 0.3 is 5.97 Å². The number of carboxylic acids is 1. The van der Waals surface area contributed by atoms with Crippen LogP contribution in [0, 0.1) is 11.6 Å². The lowest BCUT2D eigenvalue weighted by molar-refractivity contribution is -0.137. The first kappa shape index (κ1) is 17.1. The van der Waals surface area contributed by atoms with Gasteiger partial charge in [0.1, 0.15) is 11.6 Å². The van der Waals surface area contributed by atoms with Crippen molar-refractivity contribution in [1.82, 2.24) is 5.32 Å². The minimum atomic E-state index is -0.887. The summed E-state index contributed by atoms with van der Waals surface area (Å²) >= 11 is 0. The number of carboxylic acid groups (broad SMARTS) is 1. The maximum atomic E-state index is 13.7.